The van der Waals surface area contributed by atoms with Crippen molar-refractivity contribution in [3.8, 4) is 0 Å². The molecule has 5 aliphatic rings. The lowest BCUT2D eigenvalue weighted by molar-refractivity contribution is -0.137. The van der Waals surface area contributed by atoms with Crippen LogP contribution in [0.2, 0.25) is 0 Å². The molecule has 80 heavy (non-hydrogen) atoms. The number of piperazine rings is 2. The van der Waals surface area contributed by atoms with Crippen molar-refractivity contribution < 1.29 is 37.1 Å². The SMILES string of the molecule is O=C(N[C@@H](C(=O)N1CCC(CN2CCN(CC(=O)N3CCN(C(=O)c4cc(Cc5n[nH]c(=O)c6ccccc56)ccc4F)CC3)CC2)CC1)C1CCCCC1)c1cccc(C2CCCN(C(=O)CNCc3ccc(F)cc3F)C2)c1. The van der Waals surface area contributed by atoms with Crippen LogP contribution in [0.4, 0.5) is 13.2 Å². The Kier molecular flexibility index (Phi) is 18.4. The van der Waals surface area contributed by atoms with Crippen molar-refractivity contribution in [1.29, 1.82) is 0 Å². The van der Waals surface area contributed by atoms with Crippen molar-refractivity contribution in [2.24, 2.45) is 11.8 Å². The van der Waals surface area contributed by atoms with Crippen LogP contribution >= 0.6 is 0 Å². The van der Waals surface area contributed by atoms with Crippen LogP contribution < -0.4 is 16.2 Å². The average molecular weight is 1100 g/mol. The molecule has 0 spiro atoms. The number of piperidine rings is 2. The summed E-state index contributed by atoms with van der Waals surface area (Å²) in [4.78, 5) is 93.0. The van der Waals surface area contributed by atoms with Crippen LogP contribution in [-0.2, 0) is 27.3 Å². The van der Waals surface area contributed by atoms with Gasteiger partial charge in [-0.15, -0.1) is 0 Å². The van der Waals surface area contributed by atoms with E-state index in [0.717, 1.165) is 102 Å². The second kappa shape index (κ2) is 26.1. The minimum Gasteiger partial charge on any atom is -0.341 e. The number of likely N-dealkylation sites (tertiary alicyclic amines) is 2. The number of hydrogen-bond donors (Lipinski definition) is 3. The van der Waals surface area contributed by atoms with Gasteiger partial charge in [-0.1, -0.05) is 61.7 Å². The van der Waals surface area contributed by atoms with Crippen LogP contribution in [0.5, 0.6) is 0 Å². The molecule has 5 amide bonds. The third-order valence-electron chi connectivity index (χ3n) is 17.3. The highest BCUT2D eigenvalue weighted by molar-refractivity contribution is 5.98. The molecule has 5 aromatic rings. The van der Waals surface area contributed by atoms with Gasteiger partial charge in [0.15, 0.2) is 0 Å². The molecule has 0 bridgehead atoms. The van der Waals surface area contributed by atoms with E-state index in [4.69, 9.17) is 0 Å². The van der Waals surface area contributed by atoms with Crippen molar-refractivity contribution in [2.45, 2.75) is 82.7 Å². The first kappa shape index (κ1) is 56.3. The Labute approximate surface area is 465 Å². The van der Waals surface area contributed by atoms with E-state index in [1.165, 1.54) is 18.2 Å². The summed E-state index contributed by atoms with van der Waals surface area (Å²) in [6.45, 7) is 8.21. The Morgan fingerprint density at radius 3 is 2.15 bits per heavy atom. The van der Waals surface area contributed by atoms with Crippen LogP contribution in [0.1, 0.15) is 107 Å². The van der Waals surface area contributed by atoms with Crippen LogP contribution in [0.25, 0.3) is 10.8 Å². The Hall–Kier alpha value is -6.96. The molecule has 16 nitrogen and oxygen atoms in total. The van der Waals surface area contributed by atoms with Gasteiger partial charge >= 0.3 is 0 Å². The summed E-state index contributed by atoms with van der Waals surface area (Å²) in [5.74, 6) is -2.21. The Bertz CT molecular complexity index is 3090. The molecule has 1 saturated carbocycles. The number of rotatable bonds is 16. The summed E-state index contributed by atoms with van der Waals surface area (Å²) >= 11 is 0. The van der Waals surface area contributed by atoms with Gasteiger partial charge in [0.1, 0.15) is 23.5 Å². The number of hydrogen-bond acceptors (Lipinski definition) is 10. The molecule has 3 N–H and O–H groups in total. The first-order chi connectivity index (χ1) is 38.8. The normalized spacial score (nSPS) is 19.5. The van der Waals surface area contributed by atoms with Gasteiger partial charge in [0.05, 0.1) is 29.7 Å². The molecule has 0 radical (unpaired) electrons. The second-order valence-corrected chi connectivity index (χ2v) is 22.5. The van der Waals surface area contributed by atoms with Crippen molar-refractivity contribution in [2.75, 3.05) is 98.2 Å². The highest BCUT2D eigenvalue weighted by Crippen LogP contribution is 2.31. The van der Waals surface area contributed by atoms with Gasteiger partial charge in [-0.25, -0.2) is 18.3 Å². The molecule has 1 aliphatic carbocycles. The summed E-state index contributed by atoms with van der Waals surface area (Å²) in [5.41, 5.74) is 2.71. The summed E-state index contributed by atoms with van der Waals surface area (Å²) in [6.07, 6.45) is 8.65. The molecule has 4 saturated heterocycles. The Balaban J connectivity index is 0.651. The highest BCUT2D eigenvalue weighted by Gasteiger charge is 2.37. The van der Waals surface area contributed by atoms with Gasteiger partial charge in [-0.3, -0.25) is 33.7 Å². The van der Waals surface area contributed by atoms with E-state index in [0.29, 0.717) is 98.8 Å². The molecule has 1 unspecified atom stereocenters. The fraction of sp³-hybridized carbons (Fsp3) is 0.492. The smallest absolute Gasteiger partial charge is 0.272 e. The van der Waals surface area contributed by atoms with E-state index in [9.17, 15) is 37.5 Å². The van der Waals surface area contributed by atoms with Crippen molar-refractivity contribution in [3.63, 3.8) is 0 Å². The maximum atomic E-state index is 15.1. The molecule has 4 aromatic carbocycles. The number of benzene rings is 4. The fourth-order valence-electron chi connectivity index (χ4n) is 12.6. The molecular weight excluding hydrogens is 1030 g/mol. The number of fused-ring (bicyclic) bond motifs is 1. The van der Waals surface area contributed by atoms with E-state index >= 15 is 4.39 Å². The number of nitrogens with one attached hydrogen (secondary N) is 3. The zero-order valence-corrected chi connectivity index (χ0v) is 45.5. The lowest BCUT2D eigenvalue weighted by atomic mass is 9.82. The molecule has 424 valence electrons. The summed E-state index contributed by atoms with van der Waals surface area (Å²) in [6, 6.07) is 21.9. The third-order valence-corrected chi connectivity index (χ3v) is 17.3. The van der Waals surface area contributed by atoms with Crippen LogP contribution in [0.3, 0.4) is 0 Å². The lowest BCUT2D eigenvalue weighted by Gasteiger charge is -2.41. The van der Waals surface area contributed by atoms with E-state index in [2.05, 4.69) is 30.6 Å². The lowest BCUT2D eigenvalue weighted by Crippen LogP contribution is -2.55. The molecule has 19 heteroatoms. The van der Waals surface area contributed by atoms with Gasteiger partial charge in [0.25, 0.3) is 17.4 Å². The number of aromatic nitrogens is 2. The summed E-state index contributed by atoms with van der Waals surface area (Å²) < 4.78 is 42.6. The van der Waals surface area contributed by atoms with Crippen molar-refractivity contribution in [3.05, 3.63) is 146 Å². The second-order valence-electron chi connectivity index (χ2n) is 22.5. The average Bonchev–Trinajstić information content (AvgIpc) is 3.50. The van der Waals surface area contributed by atoms with Crippen molar-refractivity contribution in [1.82, 2.24) is 50.2 Å². The molecule has 10 rings (SSSR count). The summed E-state index contributed by atoms with van der Waals surface area (Å²) in [5, 5.41) is 14.2. The van der Waals surface area contributed by atoms with E-state index in [1.807, 2.05) is 35.2 Å². The van der Waals surface area contributed by atoms with Gasteiger partial charge in [0.2, 0.25) is 17.7 Å². The largest absolute Gasteiger partial charge is 0.341 e. The molecular formula is C61H73F3N10O6. The number of carbonyl (C=O) groups excluding carboxylic acids is 5. The quantitative estimate of drug-likeness (QED) is 0.107. The predicted molar refractivity (Wildman–Crippen MR) is 297 cm³/mol. The first-order valence-electron chi connectivity index (χ1n) is 28.7. The number of carbonyl (C=O) groups is 5. The number of amides is 5. The van der Waals surface area contributed by atoms with E-state index < -0.39 is 29.4 Å². The standard InChI is InChI=1S/C61H73F3N10O6/c62-48-17-16-46(53(64)35-48)36-65-37-55(75)74-21-7-12-47(39-74)44-10-6-11-45(34-44)58(77)66-57(43-8-2-1-3-9-43)61(80)72-22-19-41(20-23-72)38-69-24-26-70(27-25-69)40-56(76)71-28-30-73(31-29-71)60(79)51-32-42(15-18-52(51)63)33-54-49-13-4-5-14-50(49)59(78)68-67-54/h4-6,10-11,13-18,32,34-35,41,43,47,57,65H,1-3,7-9,12,19-31,33,36-40H2,(H,66,77)(H,68,78)/t47?,57-/m1/s1. The zero-order chi connectivity index (χ0) is 55.7. The van der Waals surface area contributed by atoms with Gasteiger partial charge in [-0.05, 0) is 97.9 Å². The van der Waals surface area contributed by atoms with Gasteiger partial charge in [0, 0.05) is 127 Å². The molecule has 4 aliphatic heterocycles. The van der Waals surface area contributed by atoms with E-state index in [1.54, 1.807) is 45.0 Å². The predicted octanol–water partition coefficient (Wildman–Crippen LogP) is 5.95. The summed E-state index contributed by atoms with van der Waals surface area (Å²) in [7, 11) is 0. The zero-order valence-electron chi connectivity index (χ0n) is 45.5. The van der Waals surface area contributed by atoms with Crippen LogP contribution in [0, 0.1) is 29.3 Å². The molecule has 2 atom stereocenters. The Morgan fingerprint density at radius 1 is 0.650 bits per heavy atom. The van der Waals surface area contributed by atoms with Gasteiger partial charge < -0.3 is 35.1 Å². The monoisotopic (exact) mass is 1100 g/mol. The first-order valence-corrected chi connectivity index (χ1v) is 28.7. The van der Waals surface area contributed by atoms with Crippen LogP contribution in [0.15, 0.2) is 89.7 Å². The fourth-order valence-corrected chi connectivity index (χ4v) is 12.6. The highest BCUT2D eigenvalue weighted by atomic mass is 19.1. The topological polar surface area (TPSA) is 175 Å². The van der Waals surface area contributed by atoms with Crippen molar-refractivity contribution >= 4 is 40.3 Å². The minimum absolute atomic E-state index is 0.00496. The molecule has 5 fully saturated rings. The maximum absolute atomic E-state index is 15.1. The number of H-pyrrole nitrogens is 1. The molecule has 1 aromatic heterocycles. The molecule has 5 heterocycles. The van der Waals surface area contributed by atoms with Gasteiger partial charge in [-0.2, -0.15) is 5.10 Å². The van der Waals surface area contributed by atoms with Crippen LogP contribution in [-0.4, -0.2) is 173 Å². The number of aromatic amines is 1. The van der Waals surface area contributed by atoms with E-state index in [-0.39, 0.29) is 65.2 Å². The number of nitrogens with zero attached hydrogens (tertiary/aromatic N) is 7. The number of halogens is 3. The maximum Gasteiger partial charge on any atom is 0.272 e. The Morgan fingerprint density at radius 2 is 1.39 bits per heavy atom. The minimum atomic E-state index is -0.658. The third kappa shape index (κ3) is 13.8.